The fourth-order valence-corrected chi connectivity index (χ4v) is 3.51. The van der Waals surface area contributed by atoms with Crippen molar-refractivity contribution in [2.75, 3.05) is 26.2 Å². The minimum atomic E-state index is -0.321. The lowest BCUT2D eigenvalue weighted by Crippen LogP contribution is -2.37. The van der Waals surface area contributed by atoms with Gasteiger partial charge in [0.1, 0.15) is 5.75 Å². The number of nitrogens with one attached hydrogen (secondary N) is 2. The standard InChI is InChI=1S/C23H29N3O3/c1-2-29-21-12-6-5-11-20(21)23(28)25-16-22(27)24-15-18-9-3-4-10-19(18)17-26-13-7-8-14-26/h3-6,9-12H,2,7-8,13-17H2,1H3,(H,24,27)(H,25,28). The summed E-state index contributed by atoms with van der Waals surface area (Å²) in [5, 5.41) is 5.58. The minimum Gasteiger partial charge on any atom is -0.493 e. The number of hydrogen-bond acceptors (Lipinski definition) is 4. The summed E-state index contributed by atoms with van der Waals surface area (Å²) < 4.78 is 5.47. The van der Waals surface area contributed by atoms with E-state index in [0.29, 0.717) is 24.5 Å². The quantitative estimate of drug-likeness (QED) is 0.685. The smallest absolute Gasteiger partial charge is 0.255 e. The summed E-state index contributed by atoms with van der Waals surface area (Å²) in [6, 6.07) is 15.2. The third-order valence-electron chi connectivity index (χ3n) is 5.03. The molecule has 29 heavy (non-hydrogen) atoms. The molecule has 0 bridgehead atoms. The number of carbonyl (C=O) groups excluding carboxylic acids is 2. The number of benzene rings is 2. The molecule has 0 unspecified atom stereocenters. The summed E-state index contributed by atoms with van der Waals surface area (Å²) in [4.78, 5) is 27.1. The third kappa shape index (κ3) is 6.06. The molecule has 0 spiro atoms. The van der Waals surface area contributed by atoms with Crippen LogP contribution in [0.15, 0.2) is 48.5 Å². The van der Waals surface area contributed by atoms with Crippen LogP contribution in [0.3, 0.4) is 0 Å². The van der Waals surface area contributed by atoms with Gasteiger partial charge in [-0.05, 0) is 56.1 Å². The largest absolute Gasteiger partial charge is 0.493 e. The topological polar surface area (TPSA) is 70.7 Å². The molecular weight excluding hydrogens is 366 g/mol. The summed E-state index contributed by atoms with van der Waals surface area (Å²) in [5.74, 6) is -0.0226. The number of rotatable bonds is 9. The average Bonchev–Trinajstić information content (AvgIpc) is 3.25. The van der Waals surface area contributed by atoms with Gasteiger partial charge in [-0.3, -0.25) is 14.5 Å². The van der Waals surface area contributed by atoms with Gasteiger partial charge in [0.2, 0.25) is 5.91 Å². The van der Waals surface area contributed by atoms with E-state index in [9.17, 15) is 9.59 Å². The lowest BCUT2D eigenvalue weighted by atomic mass is 10.1. The van der Waals surface area contributed by atoms with E-state index in [0.717, 1.165) is 25.2 Å². The first kappa shape index (κ1) is 20.9. The normalized spacial score (nSPS) is 13.8. The van der Waals surface area contributed by atoms with Crippen molar-refractivity contribution in [2.24, 2.45) is 0 Å². The Bertz CT molecular complexity index is 832. The second kappa shape index (κ2) is 10.6. The highest BCUT2D eigenvalue weighted by molar-refractivity contribution is 5.98. The zero-order valence-electron chi connectivity index (χ0n) is 16.9. The Hall–Kier alpha value is -2.86. The maximum Gasteiger partial charge on any atom is 0.255 e. The number of para-hydroxylation sites is 1. The van der Waals surface area contributed by atoms with E-state index >= 15 is 0 Å². The summed E-state index contributed by atoms with van der Waals surface area (Å²) in [7, 11) is 0. The molecule has 2 aromatic rings. The molecule has 0 aromatic heterocycles. The van der Waals surface area contributed by atoms with Crippen molar-refractivity contribution < 1.29 is 14.3 Å². The van der Waals surface area contributed by atoms with Gasteiger partial charge in [0, 0.05) is 13.1 Å². The molecule has 6 heteroatoms. The van der Waals surface area contributed by atoms with Gasteiger partial charge < -0.3 is 15.4 Å². The van der Waals surface area contributed by atoms with Gasteiger partial charge in [0.15, 0.2) is 0 Å². The Morgan fingerprint density at radius 2 is 1.66 bits per heavy atom. The predicted molar refractivity (Wildman–Crippen MR) is 113 cm³/mol. The van der Waals surface area contributed by atoms with Crippen LogP contribution >= 0.6 is 0 Å². The van der Waals surface area contributed by atoms with E-state index in [1.807, 2.05) is 31.2 Å². The maximum atomic E-state index is 12.4. The zero-order chi connectivity index (χ0) is 20.5. The van der Waals surface area contributed by atoms with Crippen LogP contribution in [0.1, 0.15) is 41.3 Å². The monoisotopic (exact) mass is 395 g/mol. The number of likely N-dealkylation sites (tertiary alicyclic amines) is 1. The predicted octanol–water partition coefficient (Wildman–Crippen LogP) is 2.73. The Morgan fingerprint density at radius 1 is 0.966 bits per heavy atom. The Kier molecular flexibility index (Phi) is 7.64. The Balaban J connectivity index is 1.50. The molecule has 1 aliphatic heterocycles. The molecular formula is C23H29N3O3. The number of carbonyl (C=O) groups is 2. The van der Waals surface area contributed by atoms with Crippen LogP contribution in [0.4, 0.5) is 0 Å². The fourth-order valence-electron chi connectivity index (χ4n) is 3.51. The molecule has 6 nitrogen and oxygen atoms in total. The molecule has 1 saturated heterocycles. The van der Waals surface area contributed by atoms with Crippen molar-refractivity contribution in [3.05, 3.63) is 65.2 Å². The van der Waals surface area contributed by atoms with Crippen molar-refractivity contribution in [1.29, 1.82) is 0 Å². The zero-order valence-corrected chi connectivity index (χ0v) is 16.9. The fraction of sp³-hybridized carbons (Fsp3) is 0.391. The van der Waals surface area contributed by atoms with Crippen LogP contribution in [0.25, 0.3) is 0 Å². The van der Waals surface area contributed by atoms with Crippen LogP contribution < -0.4 is 15.4 Å². The van der Waals surface area contributed by atoms with Crippen LogP contribution in [0.5, 0.6) is 5.75 Å². The Morgan fingerprint density at radius 3 is 2.41 bits per heavy atom. The number of nitrogens with zero attached hydrogens (tertiary/aromatic N) is 1. The molecule has 1 aliphatic rings. The van der Waals surface area contributed by atoms with Crippen LogP contribution in [-0.4, -0.2) is 43.0 Å². The van der Waals surface area contributed by atoms with E-state index in [-0.39, 0.29) is 18.4 Å². The van der Waals surface area contributed by atoms with Crippen molar-refractivity contribution in [3.63, 3.8) is 0 Å². The highest BCUT2D eigenvalue weighted by atomic mass is 16.5. The summed E-state index contributed by atoms with van der Waals surface area (Å²) in [6.45, 7) is 5.90. The van der Waals surface area contributed by atoms with E-state index in [2.05, 4.69) is 21.6 Å². The van der Waals surface area contributed by atoms with E-state index in [4.69, 9.17) is 4.74 Å². The maximum absolute atomic E-state index is 12.4. The Labute approximate surface area is 172 Å². The molecule has 0 radical (unpaired) electrons. The lowest BCUT2D eigenvalue weighted by Gasteiger charge is -2.18. The highest BCUT2D eigenvalue weighted by Gasteiger charge is 2.15. The number of hydrogen-bond donors (Lipinski definition) is 2. The molecule has 2 amide bonds. The summed E-state index contributed by atoms with van der Waals surface area (Å²) in [6.07, 6.45) is 2.51. The highest BCUT2D eigenvalue weighted by Crippen LogP contribution is 2.18. The van der Waals surface area contributed by atoms with Crippen LogP contribution in [-0.2, 0) is 17.9 Å². The lowest BCUT2D eigenvalue weighted by molar-refractivity contribution is -0.120. The van der Waals surface area contributed by atoms with Crippen molar-refractivity contribution in [1.82, 2.24) is 15.5 Å². The average molecular weight is 396 g/mol. The first-order valence-corrected chi connectivity index (χ1v) is 10.2. The molecule has 1 fully saturated rings. The van der Waals surface area contributed by atoms with Crippen LogP contribution in [0, 0.1) is 0 Å². The van der Waals surface area contributed by atoms with Gasteiger partial charge in [-0.1, -0.05) is 36.4 Å². The SMILES string of the molecule is CCOc1ccccc1C(=O)NCC(=O)NCc1ccccc1CN1CCCC1. The van der Waals surface area contributed by atoms with Gasteiger partial charge in [-0.15, -0.1) is 0 Å². The van der Waals surface area contributed by atoms with E-state index < -0.39 is 0 Å². The second-order valence-corrected chi connectivity index (χ2v) is 7.14. The van der Waals surface area contributed by atoms with Gasteiger partial charge in [0.05, 0.1) is 18.7 Å². The first-order valence-electron chi connectivity index (χ1n) is 10.2. The van der Waals surface area contributed by atoms with Crippen molar-refractivity contribution in [3.8, 4) is 5.75 Å². The number of amides is 2. The first-order chi connectivity index (χ1) is 14.2. The minimum absolute atomic E-state index is 0.0758. The van der Waals surface area contributed by atoms with Gasteiger partial charge >= 0.3 is 0 Å². The molecule has 0 saturated carbocycles. The third-order valence-corrected chi connectivity index (χ3v) is 5.03. The molecule has 3 rings (SSSR count). The summed E-state index contributed by atoms with van der Waals surface area (Å²) in [5.41, 5.74) is 2.78. The molecule has 1 heterocycles. The number of ether oxygens (including phenoxy) is 1. The molecule has 2 N–H and O–H groups in total. The molecule has 0 atom stereocenters. The molecule has 154 valence electrons. The van der Waals surface area contributed by atoms with E-state index in [1.54, 1.807) is 18.2 Å². The van der Waals surface area contributed by atoms with Crippen molar-refractivity contribution >= 4 is 11.8 Å². The summed E-state index contributed by atoms with van der Waals surface area (Å²) >= 11 is 0. The van der Waals surface area contributed by atoms with Crippen molar-refractivity contribution in [2.45, 2.75) is 32.9 Å². The van der Waals surface area contributed by atoms with E-state index in [1.165, 1.54) is 18.4 Å². The van der Waals surface area contributed by atoms with Gasteiger partial charge in [0.25, 0.3) is 5.91 Å². The van der Waals surface area contributed by atoms with Crippen LogP contribution in [0.2, 0.25) is 0 Å². The molecule has 0 aliphatic carbocycles. The van der Waals surface area contributed by atoms with Gasteiger partial charge in [-0.2, -0.15) is 0 Å². The van der Waals surface area contributed by atoms with Gasteiger partial charge in [-0.25, -0.2) is 0 Å². The molecule has 2 aromatic carbocycles. The second-order valence-electron chi connectivity index (χ2n) is 7.14.